The third-order valence-corrected chi connectivity index (χ3v) is 8.89. The van der Waals surface area contributed by atoms with Crippen molar-refractivity contribution in [1.29, 1.82) is 0 Å². The molecule has 0 fully saturated rings. The van der Waals surface area contributed by atoms with Crippen LogP contribution in [-0.4, -0.2) is 15.0 Å². The maximum atomic E-state index is 5.11. The molecule has 0 radical (unpaired) electrons. The first-order chi connectivity index (χ1) is 22.8. The molecular formula is C43H27N3. The van der Waals surface area contributed by atoms with Gasteiger partial charge in [0.1, 0.15) is 0 Å². The summed E-state index contributed by atoms with van der Waals surface area (Å²) in [5.74, 6) is 1.95. The van der Waals surface area contributed by atoms with E-state index in [-0.39, 0.29) is 0 Å². The summed E-state index contributed by atoms with van der Waals surface area (Å²) in [6.45, 7) is 0. The molecule has 9 aromatic rings. The van der Waals surface area contributed by atoms with E-state index in [1.54, 1.807) is 0 Å². The largest absolute Gasteiger partial charge is 0.208 e. The lowest BCUT2D eigenvalue weighted by Gasteiger charge is -2.12. The molecule has 0 atom stereocenters. The number of aromatic nitrogens is 3. The molecule has 0 N–H and O–H groups in total. The van der Waals surface area contributed by atoms with Gasteiger partial charge in [0, 0.05) is 16.7 Å². The molecule has 0 bridgehead atoms. The highest BCUT2D eigenvalue weighted by Crippen LogP contribution is 2.35. The monoisotopic (exact) mass is 585 g/mol. The maximum Gasteiger partial charge on any atom is 0.164 e. The van der Waals surface area contributed by atoms with Gasteiger partial charge in [-0.15, -0.1) is 0 Å². The topological polar surface area (TPSA) is 38.7 Å². The van der Waals surface area contributed by atoms with Crippen LogP contribution in [0, 0.1) is 0 Å². The molecule has 46 heavy (non-hydrogen) atoms. The number of fused-ring (bicyclic) bond motifs is 6. The van der Waals surface area contributed by atoms with E-state index >= 15 is 0 Å². The molecule has 9 rings (SSSR count). The predicted octanol–water partition coefficient (Wildman–Crippen LogP) is 11.2. The van der Waals surface area contributed by atoms with Crippen LogP contribution >= 0.6 is 0 Å². The first kappa shape index (κ1) is 26.2. The molecule has 1 heterocycles. The second-order valence-electron chi connectivity index (χ2n) is 11.7. The van der Waals surface area contributed by atoms with Crippen LogP contribution in [0.2, 0.25) is 0 Å². The normalized spacial score (nSPS) is 11.5. The highest BCUT2D eigenvalue weighted by Gasteiger charge is 2.15. The lowest BCUT2D eigenvalue weighted by molar-refractivity contribution is 1.07. The molecular weight excluding hydrogens is 558 g/mol. The molecule has 0 aliphatic carbocycles. The minimum Gasteiger partial charge on any atom is -0.208 e. The van der Waals surface area contributed by atoms with Gasteiger partial charge in [-0.25, -0.2) is 15.0 Å². The zero-order valence-corrected chi connectivity index (χ0v) is 24.9. The standard InChI is InChI=1S/C43H27N3/c1-2-12-31(13-3-1)41-44-42(33-16-8-15-32(26-33)37-19-9-14-28-10-4-6-17-35(28)37)46-43(45-41)34-21-20-30-23-24-38-36-18-7-5-11-29(36)22-25-39(38)40(30)27-34/h1-27H. The van der Waals surface area contributed by atoms with Crippen molar-refractivity contribution >= 4 is 43.1 Å². The predicted molar refractivity (Wildman–Crippen MR) is 192 cm³/mol. The van der Waals surface area contributed by atoms with Crippen molar-refractivity contribution in [3.05, 3.63) is 164 Å². The third-order valence-electron chi connectivity index (χ3n) is 8.89. The highest BCUT2D eigenvalue weighted by molar-refractivity contribution is 6.17. The summed E-state index contributed by atoms with van der Waals surface area (Å²) in [6, 6.07) is 57.6. The average Bonchev–Trinajstić information content (AvgIpc) is 3.14. The highest BCUT2D eigenvalue weighted by atomic mass is 15.0. The number of benzene rings is 8. The third kappa shape index (κ3) is 4.49. The molecule has 0 amide bonds. The van der Waals surface area contributed by atoms with Crippen LogP contribution in [0.25, 0.3) is 88.4 Å². The zero-order chi connectivity index (χ0) is 30.5. The van der Waals surface area contributed by atoms with Crippen molar-refractivity contribution in [3.8, 4) is 45.3 Å². The Morgan fingerprint density at radius 2 is 0.761 bits per heavy atom. The second kappa shape index (κ2) is 10.8. The van der Waals surface area contributed by atoms with Crippen LogP contribution in [0.1, 0.15) is 0 Å². The molecule has 3 nitrogen and oxygen atoms in total. The van der Waals surface area contributed by atoms with Crippen molar-refractivity contribution in [2.45, 2.75) is 0 Å². The van der Waals surface area contributed by atoms with Gasteiger partial charge in [-0.05, 0) is 66.3 Å². The van der Waals surface area contributed by atoms with Gasteiger partial charge in [0.2, 0.25) is 0 Å². The Hall–Kier alpha value is -6.19. The first-order valence-corrected chi connectivity index (χ1v) is 15.5. The zero-order valence-electron chi connectivity index (χ0n) is 24.9. The smallest absolute Gasteiger partial charge is 0.164 e. The van der Waals surface area contributed by atoms with E-state index in [1.807, 2.05) is 18.2 Å². The molecule has 3 heteroatoms. The van der Waals surface area contributed by atoms with Crippen LogP contribution in [-0.2, 0) is 0 Å². The van der Waals surface area contributed by atoms with Gasteiger partial charge in [0.05, 0.1) is 0 Å². The van der Waals surface area contributed by atoms with Gasteiger partial charge in [-0.2, -0.15) is 0 Å². The van der Waals surface area contributed by atoms with Crippen LogP contribution in [0.15, 0.2) is 164 Å². The Morgan fingerprint density at radius 3 is 1.54 bits per heavy atom. The first-order valence-electron chi connectivity index (χ1n) is 15.5. The van der Waals surface area contributed by atoms with Crippen LogP contribution in [0.3, 0.4) is 0 Å². The lowest BCUT2D eigenvalue weighted by Crippen LogP contribution is -2.00. The summed E-state index contributed by atoms with van der Waals surface area (Å²) in [5, 5.41) is 9.77. The fourth-order valence-corrected chi connectivity index (χ4v) is 6.61. The van der Waals surface area contributed by atoms with E-state index < -0.39 is 0 Å². The molecule has 0 aliphatic heterocycles. The molecule has 0 saturated heterocycles. The number of hydrogen-bond donors (Lipinski definition) is 0. The Kier molecular flexibility index (Phi) is 6.14. The summed E-state index contributed by atoms with van der Waals surface area (Å²) < 4.78 is 0. The summed E-state index contributed by atoms with van der Waals surface area (Å²) in [5.41, 5.74) is 5.17. The van der Waals surface area contributed by atoms with Crippen molar-refractivity contribution < 1.29 is 0 Å². The number of nitrogens with zero attached hydrogens (tertiary/aromatic N) is 3. The Morgan fingerprint density at radius 1 is 0.261 bits per heavy atom. The quantitative estimate of drug-likeness (QED) is 0.193. The lowest BCUT2D eigenvalue weighted by atomic mass is 9.96. The van der Waals surface area contributed by atoms with E-state index in [2.05, 4.69) is 146 Å². The molecule has 1 aromatic heterocycles. The van der Waals surface area contributed by atoms with Gasteiger partial charge in [0.25, 0.3) is 0 Å². The van der Waals surface area contributed by atoms with Gasteiger partial charge in [0.15, 0.2) is 17.5 Å². The van der Waals surface area contributed by atoms with Crippen molar-refractivity contribution in [2.75, 3.05) is 0 Å². The van der Waals surface area contributed by atoms with Crippen LogP contribution in [0.5, 0.6) is 0 Å². The average molecular weight is 586 g/mol. The van der Waals surface area contributed by atoms with E-state index in [0.717, 1.165) is 22.3 Å². The van der Waals surface area contributed by atoms with Crippen LogP contribution < -0.4 is 0 Å². The molecule has 214 valence electrons. The van der Waals surface area contributed by atoms with Gasteiger partial charge < -0.3 is 0 Å². The Bertz CT molecular complexity index is 2580. The van der Waals surface area contributed by atoms with E-state index in [0.29, 0.717) is 17.5 Å². The van der Waals surface area contributed by atoms with Crippen molar-refractivity contribution in [3.63, 3.8) is 0 Å². The van der Waals surface area contributed by atoms with E-state index in [9.17, 15) is 0 Å². The van der Waals surface area contributed by atoms with Gasteiger partial charge in [-0.3, -0.25) is 0 Å². The maximum absolute atomic E-state index is 5.11. The molecule has 0 aliphatic rings. The fraction of sp³-hybridized carbons (Fsp3) is 0. The van der Waals surface area contributed by atoms with Gasteiger partial charge >= 0.3 is 0 Å². The van der Waals surface area contributed by atoms with Gasteiger partial charge in [-0.1, -0.05) is 152 Å². The Balaban J connectivity index is 1.23. The number of rotatable bonds is 4. The minimum atomic E-state index is 0.648. The van der Waals surface area contributed by atoms with Crippen molar-refractivity contribution in [1.82, 2.24) is 15.0 Å². The van der Waals surface area contributed by atoms with E-state index in [4.69, 9.17) is 15.0 Å². The molecule has 8 aromatic carbocycles. The summed E-state index contributed by atoms with van der Waals surface area (Å²) in [4.78, 5) is 15.2. The molecule has 0 spiro atoms. The molecule has 0 unspecified atom stereocenters. The fourth-order valence-electron chi connectivity index (χ4n) is 6.61. The Labute approximate surface area is 266 Å². The number of hydrogen-bond acceptors (Lipinski definition) is 3. The SMILES string of the molecule is c1ccc(-c2nc(-c3cccc(-c4cccc5ccccc45)c3)nc(-c3ccc4ccc5c6ccccc6ccc5c4c3)n2)cc1. The van der Waals surface area contributed by atoms with Crippen LogP contribution in [0.4, 0.5) is 0 Å². The minimum absolute atomic E-state index is 0.648. The van der Waals surface area contributed by atoms with Crippen molar-refractivity contribution in [2.24, 2.45) is 0 Å². The van der Waals surface area contributed by atoms with E-state index in [1.165, 1.54) is 48.7 Å². The molecule has 0 saturated carbocycles. The summed E-state index contributed by atoms with van der Waals surface area (Å²) in [7, 11) is 0. The summed E-state index contributed by atoms with van der Waals surface area (Å²) >= 11 is 0. The summed E-state index contributed by atoms with van der Waals surface area (Å²) in [6.07, 6.45) is 0. The second-order valence-corrected chi connectivity index (χ2v) is 11.7.